The molecular formula is C21H45N3O. The van der Waals surface area contributed by atoms with Gasteiger partial charge in [0.1, 0.15) is 0 Å². The van der Waals surface area contributed by atoms with Crippen molar-refractivity contribution in [3.63, 3.8) is 0 Å². The Hall–Kier alpha value is -0.610. The number of amides is 1. The summed E-state index contributed by atoms with van der Waals surface area (Å²) < 4.78 is 0. The summed E-state index contributed by atoms with van der Waals surface area (Å²) in [6.07, 6.45) is 18.3. The molecule has 0 saturated heterocycles. The van der Waals surface area contributed by atoms with Gasteiger partial charge in [-0.05, 0) is 13.5 Å². The highest BCUT2D eigenvalue weighted by molar-refractivity contribution is 5.75. The van der Waals surface area contributed by atoms with Gasteiger partial charge in [-0.2, -0.15) is 0 Å². The number of unbranched alkanes of at least 4 members (excludes halogenated alkanes) is 12. The van der Waals surface area contributed by atoms with Gasteiger partial charge in [0.05, 0.1) is 0 Å². The fraction of sp³-hybridized carbons (Fsp3) is 0.952. The minimum absolute atomic E-state index is 0.177. The quantitative estimate of drug-likeness (QED) is 0.284. The van der Waals surface area contributed by atoms with Crippen LogP contribution in [0.2, 0.25) is 0 Å². The molecular weight excluding hydrogens is 310 g/mol. The zero-order valence-electron chi connectivity index (χ0n) is 17.1. The zero-order chi connectivity index (χ0) is 18.4. The molecule has 0 aromatic carbocycles. The van der Waals surface area contributed by atoms with E-state index < -0.39 is 0 Å². The van der Waals surface area contributed by atoms with Crippen LogP contribution < -0.4 is 16.0 Å². The lowest BCUT2D eigenvalue weighted by Crippen LogP contribution is -2.31. The largest absolute Gasteiger partial charge is 0.356 e. The lowest BCUT2D eigenvalue weighted by atomic mass is 10.0. The van der Waals surface area contributed by atoms with Crippen molar-refractivity contribution in [3.05, 3.63) is 0 Å². The average molecular weight is 356 g/mol. The number of nitrogens with one attached hydrogen (secondary N) is 3. The van der Waals surface area contributed by atoms with Gasteiger partial charge in [0.15, 0.2) is 0 Å². The van der Waals surface area contributed by atoms with Crippen LogP contribution in [0, 0.1) is 0 Å². The van der Waals surface area contributed by atoms with E-state index in [9.17, 15) is 4.79 Å². The Morgan fingerprint density at radius 2 is 1.16 bits per heavy atom. The van der Waals surface area contributed by atoms with Crippen molar-refractivity contribution in [3.8, 4) is 0 Å². The zero-order valence-corrected chi connectivity index (χ0v) is 17.1. The highest BCUT2D eigenvalue weighted by Gasteiger charge is 1.99. The predicted octanol–water partition coefficient (Wildman–Crippen LogP) is 4.39. The van der Waals surface area contributed by atoms with E-state index in [2.05, 4.69) is 22.9 Å². The molecule has 0 spiro atoms. The van der Waals surface area contributed by atoms with Gasteiger partial charge in [-0.1, -0.05) is 84.0 Å². The molecule has 0 aliphatic rings. The van der Waals surface area contributed by atoms with Crippen molar-refractivity contribution in [2.75, 3.05) is 33.2 Å². The number of hydrogen-bond acceptors (Lipinski definition) is 3. The van der Waals surface area contributed by atoms with Gasteiger partial charge >= 0.3 is 0 Å². The maximum Gasteiger partial charge on any atom is 0.221 e. The first-order chi connectivity index (χ1) is 12.3. The Balaban J connectivity index is 3.09. The van der Waals surface area contributed by atoms with Crippen LogP contribution in [0.1, 0.15) is 96.8 Å². The fourth-order valence-electron chi connectivity index (χ4n) is 3.00. The molecule has 3 N–H and O–H groups in total. The molecule has 0 fully saturated rings. The lowest BCUT2D eigenvalue weighted by Gasteiger charge is -2.06. The van der Waals surface area contributed by atoms with Crippen molar-refractivity contribution in [1.29, 1.82) is 0 Å². The van der Waals surface area contributed by atoms with Gasteiger partial charge in [-0.3, -0.25) is 4.79 Å². The van der Waals surface area contributed by atoms with Crippen LogP contribution in [0.3, 0.4) is 0 Å². The minimum Gasteiger partial charge on any atom is -0.356 e. The van der Waals surface area contributed by atoms with Crippen molar-refractivity contribution >= 4 is 5.91 Å². The van der Waals surface area contributed by atoms with Gasteiger partial charge in [0.25, 0.3) is 0 Å². The predicted molar refractivity (Wildman–Crippen MR) is 110 cm³/mol. The van der Waals surface area contributed by atoms with Gasteiger partial charge in [-0.25, -0.2) is 0 Å². The second kappa shape index (κ2) is 21.4. The van der Waals surface area contributed by atoms with Crippen molar-refractivity contribution < 1.29 is 4.79 Å². The van der Waals surface area contributed by atoms with E-state index in [1.165, 1.54) is 77.0 Å². The molecule has 0 aliphatic carbocycles. The van der Waals surface area contributed by atoms with E-state index >= 15 is 0 Å². The van der Waals surface area contributed by atoms with Gasteiger partial charge in [-0.15, -0.1) is 0 Å². The van der Waals surface area contributed by atoms with Crippen molar-refractivity contribution in [1.82, 2.24) is 16.0 Å². The molecule has 0 atom stereocenters. The van der Waals surface area contributed by atoms with Crippen LogP contribution in [0.15, 0.2) is 0 Å². The normalized spacial score (nSPS) is 11.0. The molecule has 0 rings (SSSR count). The highest BCUT2D eigenvalue weighted by atomic mass is 16.1. The van der Waals surface area contributed by atoms with Crippen molar-refractivity contribution in [2.45, 2.75) is 96.8 Å². The smallest absolute Gasteiger partial charge is 0.221 e. The summed E-state index contributed by atoms with van der Waals surface area (Å²) in [6.45, 7) is 5.75. The van der Waals surface area contributed by atoms with E-state index in [0.717, 1.165) is 32.6 Å². The Kier molecular flexibility index (Phi) is 20.9. The summed E-state index contributed by atoms with van der Waals surface area (Å²) in [5.74, 6) is 0.177. The van der Waals surface area contributed by atoms with Gasteiger partial charge < -0.3 is 16.0 Å². The molecule has 1 amide bonds. The van der Waals surface area contributed by atoms with Gasteiger partial charge in [0, 0.05) is 32.6 Å². The third kappa shape index (κ3) is 21.3. The molecule has 0 aromatic rings. The molecule has 4 nitrogen and oxygen atoms in total. The first-order valence-electron chi connectivity index (χ1n) is 10.9. The van der Waals surface area contributed by atoms with Gasteiger partial charge in [0.2, 0.25) is 5.91 Å². The molecule has 0 saturated carbocycles. The van der Waals surface area contributed by atoms with E-state index in [1.54, 1.807) is 0 Å². The number of hydrogen-bond donors (Lipinski definition) is 3. The monoisotopic (exact) mass is 355 g/mol. The maximum atomic E-state index is 11.6. The topological polar surface area (TPSA) is 53.2 Å². The Morgan fingerprint density at radius 1 is 0.640 bits per heavy atom. The second-order valence-corrected chi connectivity index (χ2v) is 7.20. The summed E-state index contributed by atoms with van der Waals surface area (Å²) in [5.41, 5.74) is 0. The molecule has 0 bridgehead atoms. The third-order valence-corrected chi connectivity index (χ3v) is 4.68. The van der Waals surface area contributed by atoms with Crippen molar-refractivity contribution in [2.24, 2.45) is 0 Å². The molecule has 0 radical (unpaired) electrons. The molecule has 0 unspecified atom stereocenters. The fourth-order valence-corrected chi connectivity index (χ4v) is 3.00. The van der Waals surface area contributed by atoms with Crippen LogP contribution >= 0.6 is 0 Å². The first-order valence-corrected chi connectivity index (χ1v) is 10.9. The van der Waals surface area contributed by atoms with E-state index in [1.807, 2.05) is 7.05 Å². The Labute approximate surface area is 157 Å². The summed E-state index contributed by atoms with van der Waals surface area (Å²) >= 11 is 0. The maximum absolute atomic E-state index is 11.6. The number of carbonyl (C=O) groups is 1. The van der Waals surface area contributed by atoms with E-state index in [-0.39, 0.29) is 5.91 Å². The Morgan fingerprint density at radius 3 is 1.68 bits per heavy atom. The van der Waals surface area contributed by atoms with Crippen LogP contribution in [-0.2, 0) is 4.79 Å². The van der Waals surface area contributed by atoms with Crippen LogP contribution in [0.25, 0.3) is 0 Å². The van der Waals surface area contributed by atoms with Crippen LogP contribution in [0.5, 0.6) is 0 Å². The average Bonchev–Trinajstić information content (AvgIpc) is 2.62. The number of rotatable bonds is 20. The van der Waals surface area contributed by atoms with E-state index in [0.29, 0.717) is 6.42 Å². The Bertz CT molecular complexity index is 272. The molecule has 150 valence electrons. The highest BCUT2D eigenvalue weighted by Crippen LogP contribution is 2.12. The SMILES string of the molecule is CCCCCCCCCCCCCCCNC(=O)CCNCCNC. The number of likely N-dealkylation sites (N-methyl/N-ethyl adjacent to an activating group) is 1. The minimum atomic E-state index is 0.177. The summed E-state index contributed by atoms with van der Waals surface area (Å²) in [6, 6.07) is 0. The third-order valence-electron chi connectivity index (χ3n) is 4.68. The standard InChI is InChI=1S/C21H45N3O/c1-3-4-5-6-7-8-9-10-11-12-13-14-15-17-24-21(25)16-18-23-20-19-22-2/h22-23H,3-20H2,1-2H3,(H,24,25). The summed E-state index contributed by atoms with van der Waals surface area (Å²) in [5, 5.41) is 9.34. The van der Waals surface area contributed by atoms with Crippen LogP contribution in [0.4, 0.5) is 0 Å². The second-order valence-electron chi connectivity index (χ2n) is 7.20. The summed E-state index contributed by atoms with van der Waals surface area (Å²) in [4.78, 5) is 11.6. The van der Waals surface area contributed by atoms with E-state index in [4.69, 9.17) is 0 Å². The molecule has 0 heterocycles. The first kappa shape index (κ1) is 24.4. The molecule has 4 heteroatoms. The van der Waals surface area contributed by atoms with Crippen LogP contribution in [-0.4, -0.2) is 39.1 Å². The molecule has 25 heavy (non-hydrogen) atoms. The summed E-state index contributed by atoms with van der Waals surface area (Å²) in [7, 11) is 1.93. The lowest BCUT2D eigenvalue weighted by molar-refractivity contribution is -0.121. The molecule has 0 aromatic heterocycles. The number of carbonyl (C=O) groups excluding carboxylic acids is 1. The molecule has 0 aliphatic heterocycles.